The van der Waals surface area contributed by atoms with Crippen molar-refractivity contribution >= 4 is 27.3 Å². The first kappa shape index (κ1) is 12.7. The van der Waals surface area contributed by atoms with Gasteiger partial charge >= 0.3 is 0 Å². The van der Waals surface area contributed by atoms with Gasteiger partial charge in [-0.05, 0) is 34.5 Å². The minimum absolute atomic E-state index is 0.224. The summed E-state index contributed by atoms with van der Waals surface area (Å²) in [6.45, 7) is 3.38. The predicted octanol–water partition coefficient (Wildman–Crippen LogP) is 3.64. The molecule has 1 aromatic heterocycles. The molecule has 17 heavy (non-hydrogen) atoms. The Bertz CT molecular complexity index is 513. The fourth-order valence-electron chi connectivity index (χ4n) is 1.49. The Morgan fingerprint density at radius 2 is 2.24 bits per heavy atom. The summed E-state index contributed by atoms with van der Waals surface area (Å²) in [6.07, 6.45) is 1.87. The van der Waals surface area contributed by atoms with Gasteiger partial charge in [-0.2, -0.15) is 0 Å². The quantitative estimate of drug-likeness (QED) is 0.932. The molecule has 1 N–H and O–H groups in total. The number of thiazole rings is 1. The second kappa shape index (κ2) is 5.71. The molecular weight excluding hydrogens is 303 g/mol. The van der Waals surface area contributed by atoms with Crippen LogP contribution in [0.3, 0.4) is 0 Å². The normalized spacial score (nSPS) is 10.8. The Morgan fingerprint density at radius 3 is 2.94 bits per heavy atom. The highest BCUT2D eigenvalue weighted by Gasteiger charge is 2.04. The fourth-order valence-corrected chi connectivity index (χ4v) is 2.66. The van der Waals surface area contributed by atoms with E-state index in [0.29, 0.717) is 11.0 Å². The molecule has 2 aromatic rings. The summed E-state index contributed by atoms with van der Waals surface area (Å²) < 4.78 is 13.8. The van der Waals surface area contributed by atoms with E-state index < -0.39 is 0 Å². The highest BCUT2D eigenvalue weighted by Crippen LogP contribution is 2.20. The van der Waals surface area contributed by atoms with Crippen molar-refractivity contribution in [2.45, 2.75) is 20.0 Å². The van der Waals surface area contributed by atoms with E-state index in [1.165, 1.54) is 10.9 Å². The van der Waals surface area contributed by atoms with E-state index in [-0.39, 0.29) is 5.82 Å². The third-order valence-electron chi connectivity index (χ3n) is 2.32. The molecule has 0 unspecified atom stereocenters. The van der Waals surface area contributed by atoms with Gasteiger partial charge in [-0.1, -0.05) is 12.1 Å². The average Bonchev–Trinajstić information content (AvgIpc) is 2.70. The second-order valence-corrected chi connectivity index (χ2v) is 5.77. The van der Waals surface area contributed by atoms with Crippen LogP contribution in [0.25, 0.3) is 0 Å². The molecule has 0 spiro atoms. The lowest BCUT2D eigenvalue weighted by molar-refractivity contribution is 0.612. The third-order valence-corrected chi connectivity index (χ3v) is 4.12. The molecule has 2 nitrogen and oxygen atoms in total. The summed E-state index contributed by atoms with van der Waals surface area (Å²) in [5, 5.41) is 4.34. The topological polar surface area (TPSA) is 24.9 Å². The molecule has 0 radical (unpaired) electrons. The van der Waals surface area contributed by atoms with Gasteiger partial charge in [0.25, 0.3) is 0 Å². The molecule has 2 rings (SSSR count). The van der Waals surface area contributed by atoms with Crippen molar-refractivity contribution in [2.24, 2.45) is 0 Å². The maximum absolute atomic E-state index is 13.3. The highest BCUT2D eigenvalue weighted by molar-refractivity contribution is 9.10. The first-order valence-electron chi connectivity index (χ1n) is 5.21. The molecule has 0 bridgehead atoms. The molecule has 0 fully saturated rings. The molecule has 0 aliphatic carbocycles. The van der Waals surface area contributed by atoms with E-state index in [1.54, 1.807) is 17.4 Å². The number of hydrogen-bond acceptors (Lipinski definition) is 3. The lowest BCUT2D eigenvalue weighted by atomic mass is 10.2. The minimum Gasteiger partial charge on any atom is -0.308 e. The van der Waals surface area contributed by atoms with Crippen LogP contribution in [0.4, 0.5) is 4.39 Å². The van der Waals surface area contributed by atoms with Crippen LogP contribution in [0.1, 0.15) is 15.4 Å². The van der Waals surface area contributed by atoms with Gasteiger partial charge in [0, 0.05) is 24.2 Å². The average molecular weight is 315 g/mol. The Hall–Kier alpha value is -0.780. The third kappa shape index (κ3) is 3.34. The molecule has 0 saturated carbocycles. The van der Waals surface area contributed by atoms with E-state index in [9.17, 15) is 4.39 Å². The standard InChI is InChI=1S/C12H12BrFN2S/c1-8-16-7-10(17-8)6-15-5-9-3-2-4-11(14)12(9)13/h2-4,7,15H,5-6H2,1H3. The summed E-state index contributed by atoms with van der Waals surface area (Å²) in [6, 6.07) is 5.06. The number of benzene rings is 1. The molecule has 0 saturated heterocycles. The minimum atomic E-state index is -0.224. The van der Waals surface area contributed by atoms with Crippen LogP contribution in [0.15, 0.2) is 28.9 Å². The van der Waals surface area contributed by atoms with Gasteiger partial charge in [0.15, 0.2) is 0 Å². The summed E-state index contributed by atoms with van der Waals surface area (Å²) in [4.78, 5) is 5.37. The van der Waals surface area contributed by atoms with Crippen molar-refractivity contribution in [1.82, 2.24) is 10.3 Å². The second-order valence-electron chi connectivity index (χ2n) is 3.66. The molecule has 0 aliphatic rings. The Kier molecular flexibility index (Phi) is 4.25. The Labute approximate surface area is 112 Å². The molecule has 1 aromatic carbocycles. The number of aromatic nitrogens is 1. The van der Waals surface area contributed by atoms with Crippen LogP contribution < -0.4 is 5.32 Å². The lowest BCUT2D eigenvalue weighted by Crippen LogP contribution is -2.12. The van der Waals surface area contributed by atoms with Crippen LogP contribution in [0.5, 0.6) is 0 Å². The van der Waals surface area contributed by atoms with Crippen LogP contribution in [0.2, 0.25) is 0 Å². The zero-order chi connectivity index (χ0) is 12.3. The number of hydrogen-bond donors (Lipinski definition) is 1. The maximum Gasteiger partial charge on any atom is 0.137 e. The first-order valence-corrected chi connectivity index (χ1v) is 6.82. The van der Waals surface area contributed by atoms with Crippen molar-refractivity contribution in [3.63, 3.8) is 0 Å². The van der Waals surface area contributed by atoms with E-state index >= 15 is 0 Å². The zero-order valence-electron chi connectivity index (χ0n) is 9.34. The maximum atomic E-state index is 13.3. The highest BCUT2D eigenvalue weighted by atomic mass is 79.9. The van der Waals surface area contributed by atoms with Crippen molar-refractivity contribution in [3.8, 4) is 0 Å². The van der Waals surface area contributed by atoms with E-state index in [4.69, 9.17) is 0 Å². The van der Waals surface area contributed by atoms with Crippen molar-refractivity contribution in [3.05, 3.63) is 50.1 Å². The van der Waals surface area contributed by atoms with Crippen LogP contribution in [0, 0.1) is 12.7 Å². The molecule has 90 valence electrons. The largest absolute Gasteiger partial charge is 0.308 e. The summed E-state index contributed by atoms with van der Waals surface area (Å²) >= 11 is 4.92. The number of nitrogens with zero attached hydrogens (tertiary/aromatic N) is 1. The number of halogens is 2. The lowest BCUT2D eigenvalue weighted by Gasteiger charge is -2.06. The smallest absolute Gasteiger partial charge is 0.137 e. The van der Waals surface area contributed by atoms with E-state index in [0.717, 1.165) is 17.1 Å². The van der Waals surface area contributed by atoms with Gasteiger partial charge in [0.2, 0.25) is 0 Å². The fraction of sp³-hybridized carbons (Fsp3) is 0.250. The molecule has 0 atom stereocenters. The zero-order valence-corrected chi connectivity index (χ0v) is 11.7. The number of nitrogens with one attached hydrogen (secondary N) is 1. The molecule has 1 heterocycles. The predicted molar refractivity (Wildman–Crippen MR) is 71.5 cm³/mol. The van der Waals surface area contributed by atoms with Crippen molar-refractivity contribution in [1.29, 1.82) is 0 Å². The Balaban J connectivity index is 1.92. The first-order chi connectivity index (χ1) is 8.16. The molecule has 0 aliphatic heterocycles. The monoisotopic (exact) mass is 314 g/mol. The van der Waals surface area contributed by atoms with Crippen molar-refractivity contribution in [2.75, 3.05) is 0 Å². The summed E-state index contributed by atoms with van der Waals surface area (Å²) in [5.74, 6) is -0.224. The summed E-state index contributed by atoms with van der Waals surface area (Å²) in [5.41, 5.74) is 0.922. The Morgan fingerprint density at radius 1 is 1.41 bits per heavy atom. The van der Waals surface area contributed by atoms with Crippen molar-refractivity contribution < 1.29 is 4.39 Å². The van der Waals surface area contributed by atoms with Crippen LogP contribution in [-0.4, -0.2) is 4.98 Å². The van der Waals surface area contributed by atoms with E-state index in [2.05, 4.69) is 26.2 Å². The summed E-state index contributed by atoms with van der Waals surface area (Å²) in [7, 11) is 0. The SMILES string of the molecule is Cc1ncc(CNCc2cccc(F)c2Br)s1. The van der Waals surface area contributed by atoms with Gasteiger partial charge in [-0.15, -0.1) is 11.3 Å². The van der Waals surface area contributed by atoms with E-state index in [1.807, 2.05) is 19.2 Å². The van der Waals surface area contributed by atoms with Gasteiger partial charge < -0.3 is 5.32 Å². The van der Waals surface area contributed by atoms with Gasteiger partial charge in [0.05, 0.1) is 9.48 Å². The van der Waals surface area contributed by atoms with Gasteiger partial charge in [0.1, 0.15) is 5.82 Å². The molecule has 5 heteroatoms. The van der Waals surface area contributed by atoms with Crippen LogP contribution >= 0.6 is 27.3 Å². The number of rotatable bonds is 4. The van der Waals surface area contributed by atoms with Gasteiger partial charge in [-0.3, -0.25) is 0 Å². The molecular formula is C12H12BrFN2S. The molecule has 0 amide bonds. The van der Waals surface area contributed by atoms with Crippen LogP contribution in [-0.2, 0) is 13.1 Å². The van der Waals surface area contributed by atoms with Gasteiger partial charge in [-0.25, -0.2) is 9.37 Å². The number of aryl methyl sites for hydroxylation is 1.